The first-order chi connectivity index (χ1) is 8.92. The molecule has 2 heteroatoms. The number of hydrogen-bond acceptors (Lipinski definition) is 2. The summed E-state index contributed by atoms with van der Waals surface area (Å²) in [5, 5.41) is 3.12. The number of rotatable bonds is 6. The summed E-state index contributed by atoms with van der Waals surface area (Å²) in [5.41, 5.74) is 2.35. The molecule has 0 saturated heterocycles. The van der Waals surface area contributed by atoms with E-state index in [0.29, 0.717) is 0 Å². The summed E-state index contributed by atoms with van der Waals surface area (Å²) in [7, 11) is 1.96. The van der Waals surface area contributed by atoms with Crippen LogP contribution in [0.3, 0.4) is 0 Å². The number of benzene rings is 2. The van der Waals surface area contributed by atoms with E-state index in [2.05, 4.69) is 23.5 Å². The molecule has 0 unspecified atom stereocenters. The van der Waals surface area contributed by atoms with Gasteiger partial charge < -0.3 is 10.1 Å². The van der Waals surface area contributed by atoms with Crippen LogP contribution in [0.25, 0.3) is 11.1 Å². The Morgan fingerprint density at radius 2 is 1.67 bits per heavy atom. The Morgan fingerprint density at radius 1 is 0.944 bits per heavy atom. The quantitative estimate of drug-likeness (QED) is 0.783. The lowest BCUT2D eigenvalue weighted by Crippen LogP contribution is -2.11. The molecule has 18 heavy (non-hydrogen) atoms. The SMILES string of the molecule is CNCCCOc1ccccc1-c1ccccc1. The lowest BCUT2D eigenvalue weighted by Gasteiger charge is -2.11. The van der Waals surface area contributed by atoms with Crippen molar-refractivity contribution in [3.63, 3.8) is 0 Å². The van der Waals surface area contributed by atoms with E-state index in [1.165, 1.54) is 5.56 Å². The number of ether oxygens (including phenoxy) is 1. The topological polar surface area (TPSA) is 21.3 Å². The van der Waals surface area contributed by atoms with Crippen LogP contribution in [0.15, 0.2) is 54.6 Å². The fourth-order valence-electron chi connectivity index (χ4n) is 1.88. The number of nitrogens with one attached hydrogen (secondary N) is 1. The van der Waals surface area contributed by atoms with E-state index in [9.17, 15) is 0 Å². The first-order valence-corrected chi connectivity index (χ1v) is 6.33. The maximum absolute atomic E-state index is 5.85. The van der Waals surface area contributed by atoms with Crippen molar-refractivity contribution in [1.82, 2.24) is 5.32 Å². The maximum atomic E-state index is 5.85. The lowest BCUT2D eigenvalue weighted by atomic mass is 10.1. The molecule has 0 aliphatic rings. The van der Waals surface area contributed by atoms with Crippen LogP contribution in [0.1, 0.15) is 6.42 Å². The van der Waals surface area contributed by atoms with Crippen molar-refractivity contribution >= 4 is 0 Å². The highest BCUT2D eigenvalue weighted by Crippen LogP contribution is 2.29. The minimum absolute atomic E-state index is 0.741. The second-order valence-corrected chi connectivity index (χ2v) is 4.17. The van der Waals surface area contributed by atoms with Crippen molar-refractivity contribution in [2.75, 3.05) is 20.2 Å². The van der Waals surface area contributed by atoms with Crippen molar-refractivity contribution < 1.29 is 4.74 Å². The standard InChI is InChI=1S/C16H19NO/c1-17-12-7-13-18-16-11-6-5-10-15(16)14-8-3-2-4-9-14/h2-6,8-11,17H,7,12-13H2,1H3. The van der Waals surface area contributed by atoms with Crippen LogP contribution in [0.4, 0.5) is 0 Å². The summed E-state index contributed by atoms with van der Waals surface area (Å²) in [6, 6.07) is 18.5. The highest BCUT2D eigenvalue weighted by Gasteiger charge is 2.04. The molecular weight excluding hydrogens is 222 g/mol. The third-order valence-electron chi connectivity index (χ3n) is 2.80. The van der Waals surface area contributed by atoms with Gasteiger partial charge in [-0.3, -0.25) is 0 Å². The van der Waals surface area contributed by atoms with E-state index in [0.717, 1.165) is 30.9 Å². The predicted octanol–water partition coefficient (Wildman–Crippen LogP) is 3.34. The van der Waals surface area contributed by atoms with Crippen LogP contribution in [0.5, 0.6) is 5.75 Å². The third kappa shape index (κ3) is 3.34. The van der Waals surface area contributed by atoms with Gasteiger partial charge in [-0.1, -0.05) is 48.5 Å². The summed E-state index contributed by atoms with van der Waals surface area (Å²) in [6.45, 7) is 1.72. The molecule has 2 rings (SSSR count). The molecule has 2 nitrogen and oxygen atoms in total. The summed E-state index contributed by atoms with van der Waals surface area (Å²) in [5.74, 6) is 0.958. The maximum Gasteiger partial charge on any atom is 0.127 e. The van der Waals surface area contributed by atoms with Crippen LogP contribution in [0, 0.1) is 0 Å². The molecule has 0 amide bonds. The molecule has 0 heterocycles. The van der Waals surface area contributed by atoms with E-state index in [4.69, 9.17) is 4.74 Å². The summed E-state index contributed by atoms with van der Waals surface area (Å²) in [6.07, 6.45) is 1.01. The second kappa shape index (κ2) is 6.82. The van der Waals surface area contributed by atoms with Gasteiger partial charge in [0.2, 0.25) is 0 Å². The van der Waals surface area contributed by atoms with E-state index in [-0.39, 0.29) is 0 Å². The summed E-state index contributed by atoms with van der Waals surface area (Å²) in [4.78, 5) is 0. The van der Waals surface area contributed by atoms with Gasteiger partial charge in [0, 0.05) is 5.56 Å². The van der Waals surface area contributed by atoms with Gasteiger partial charge in [0.25, 0.3) is 0 Å². The van der Waals surface area contributed by atoms with E-state index < -0.39 is 0 Å². The predicted molar refractivity (Wildman–Crippen MR) is 75.9 cm³/mol. The van der Waals surface area contributed by atoms with Crippen LogP contribution in [0.2, 0.25) is 0 Å². The fraction of sp³-hybridized carbons (Fsp3) is 0.250. The number of hydrogen-bond donors (Lipinski definition) is 1. The zero-order chi connectivity index (χ0) is 12.6. The molecule has 0 aliphatic heterocycles. The van der Waals surface area contributed by atoms with Crippen molar-refractivity contribution in [2.24, 2.45) is 0 Å². The van der Waals surface area contributed by atoms with Crippen molar-refractivity contribution in [1.29, 1.82) is 0 Å². The van der Waals surface area contributed by atoms with Crippen LogP contribution >= 0.6 is 0 Å². The van der Waals surface area contributed by atoms with Crippen molar-refractivity contribution in [3.8, 4) is 16.9 Å². The van der Waals surface area contributed by atoms with Crippen LogP contribution in [-0.2, 0) is 0 Å². The van der Waals surface area contributed by atoms with Crippen molar-refractivity contribution in [2.45, 2.75) is 6.42 Å². The molecule has 0 bridgehead atoms. The highest BCUT2D eigenvalue weighted by atomic mass is 16.5. The van der Waals surface area contributed by atoms with Crippen LogP contribution < -0.4 is 10.1 Å². The van der Waals surface area contributed by atoms with Gasteiger partial charge in [-0.2, -0.15) is 0 Å². The van der Waals surface area contributed by atoms with Gasteiger partial charge in [0.05, 0.1) is 6.61 Å². The van der Waals surface area contributed by atoms with Gasteiger partial charge in [-0.25, -0.2) is 0 Å². The normalized spacial score (nSPS) is 10.3. The van der Waals surface area contributed by atoms with Gasteiger partial charge >= 0.3 is 0 Å². The largest absolute Gasteiger partial charge is 0.493 e. The van der Waals surface area contributed by atoms with Crippen LogP contribution in [-0.4, -0.2) is 20.2 Å². The molecule has 0 aromatic heterocycles. The third-order valence-corrected chi connectivity index (χ3v) is 2.80. The number of para-hydroxylation sites is 1. The zero-order valence-corrected chi connectivity index (χ0v) is 10.7. The van der Waals surface area contributed by atoms with Crippen molar-refractivity contribution in [3.05, 3.63) is 54.6 Å². The fourth-order valence-corrected chi connectivity index (χ4v) is 1.88. The summed E-state index contributed by atoms with van der Waals surface area (Å²) < 4.78 is 5.85. The molecule has 0 atom stereocenters. The Labute approximate surface area is 109 Å². The molecule has 0 fully saturated rings. The minimum Gasteiger partial charge on any atom is -0.493 e. The molecule has 0 radical (unpaired) electrons. The first-order valence-electron chi connectivity index (χ1n) is 6.33. The molecule has 94 valence electrons. The minimum atomic E-state index is 0.741. The first kappa shape index (κ1) is 12.7. The Bertz CT molecular complexity index is 468. The monoisotopic (exact) mass is 241 g/mol. The second-order valence-electron chi connectivity index (χ2n) is 4.17. The molecule has 1 N–H and O–H groups in total. The molecule has 2 aromatic carbocycles. The average Bonchev–Trinajstić information content (AvgIpc) is 2.45. The molecule has 0 saturated carbocycles. The Morgan fingerprint density at radius 3 is 2.44 bits per heavy atom. The summed E-state index contributed by atoms with van der Waals surface area (Å²) >= 11 is 0. The molecule has 0 spiro atoms. The Kier molecular flexibility index (Phi) is 4.79. The van der Waals surface area contributed by atoms with Gasteiger partial charge in [-0.05, 0) is 31.6 Å². The smallest absolute Gasteiger partial charge is 0.127 e. The molecule has 2 aromatic rings. The van der Waals surface area contributed by atoms with Gasteiger partial charge in [0.15, 0.2) is 0 Å². The molecular formula is C16H19NO. The molecule has 0 aliphatic carbocycles. The highest BCUT2D eigenvalue weighted by molar-refractivity contribution is 5.70. The Balaban J connectivity index is 2.11. The van der Waals surface area contributed by atoms with E-state index in [1.54, 1.807) is 0 Å². The van der Waals surface area contributed by atoms with Gasteiger partial charge in [0.1, 0.15) is 5.75 Å². The zero-order valence-electron chi connectivity index (χ0n) is 10.7. The lowest BCUT2D eigenvalue weighted by molar-refractivity contribution is 0.311. The van der Waals surface area contributed by atoms with E-state index in [1.807, 2.05) is 43.4 Å². The average molecular weight is 241 g/mol. The Hall–Kier alpha value is -1.80. The van der Waals surface area contributed by atoms with E-state index >= 15 is 0 Å². The van der Waals surface area contributed by atoms with Gasteiger partial charge in [-0.15, -0.1) is 0 Å².